The van der Waals surface area contributed by atoms with Gasteiger partial charge in [0.25, 0.3) is 0 Å². The summed E-state index contributed by atoms with van der Waals surface area (Å²) in [6.45, 7) is 0. The number of amidine groups is 1. The van der Waals surface area contributed by atoms with Crippen molar-refractivity contribution in [2.75, 3.05) is 0 Å². The summed E-state index contributed by atoms with van der Waals surface area (Å²) in [5, 5.41) is 9.09. The van der Waals surface area contributed by atoms with E-state index in [9.17, 15) is 9.59 Å². The Morgan fingerprint density at radius 3 is 2.59 bits per heavy atom. The third kappa shape index (κ3) is 3.16. The summed E-state index contributed by atoms with van der Waals surface area (Å²) < 4.78 is 0. The molecule has 1 aliphatic carbocycles. The molecule has 1 aromatic carbocycles. The molecular weight excluding hydrogens is 300 g/mol. The third-order valence-electron chi connectivity index (χ3n) is 4.00. The van der Waals surface area contributed by atoms with E-state index in [0.717, 1.165) is 31.4 Å². The molecule has 116 valence electrons. The summed E-state index contributed by atoms with van der Waals surface area (Å²) in [6, 6.07) is 9.65. The fourth-order valence-electron chi connectivity index (χ4n) is 2.96. The van der Waals surface area contributed by atoms with Crippen LogP contribution in [0.1, 0.15) is 32.1 Å². The minimum Gasteiger partial charge on any atom is -0.481 e. The highest BCUT2D eigenvalue weighted by molar-refractivity contribution is 8.15. The lowest BCUT2D eigenvalue weighted by molar-refractivity contribution is -0.139. The summed E-state index contributed by atoms with van der Waals surface area (Å²) in [5.41, 5.74) is 0.789. The summed E-state index contributed by atoms with van der Waals surface area (Å²) >= 11 is 1.28. The molecule has 3 rings (SSSR count). The number of hydrogen-bond acceptors (Lipinski definition) is 4. The molecule has 0 bridgehead atoms. The van der Waals surface area contributed by atoms with E-state index < -0.39 is 11.2 Å². The van der Waals surface area contributed by atoms with Crippen molar-refractivity contribution in [1.29, 1.82) is 0 Å². The third-order valence-corrected chi connectivity index (χ3v) is 5.15. The quantitative estimate of drug-likeness (QED) is 0.926. The molecule has 0 spiro atoms. The number of carbonyl (C=O) groups excluding carboxylic acids is 1. The number of rotatable bonds is 4. The first kappa shape index (κ1) is 15.1. The monoisotopic (exact) mass is 318 g/mol. The van der Waals surface area contributed by atoms with Gasteiger partial charge in [0.15, 0.2) is 5.17 Å². The van der Waals surface area contributed by atoms with Gasteiger partial charge in [-0.2, -0.15) is 0 Å². The number of benzene rings is 1. The maximum absolute atomic E-state index is 12.6. The zero-order valence-electron chi connectivity index (χ0n) is 12.1. The van der Waals surface area contributed by atoms with E-state index in [0.29, 0.717) is 5.17 Å². The van der Waals surface area contributed by atoms with E-state index in [1.807, 2.05) is 30.3 Å². The fourth-order valence-corrected chi connectivity index (χ4v) is 4.17. The molecule has 1 N–H and O–H groups in total. The van der Waals surface area contributed by atoms with Crippen molar-refractivity contribution < 1.29 is 14.7 Å². The van der Waals surface area contributed by atoms with Gasteiger partial charge >= 0.3 is 5.97 Å². The standard InChI is InChI=1S/C16H18N2O3S/c19-14(20)10-13-15(21)18(12-8-4-5-9-12)16(22-13)17-11-6-2-1-3-7-11/h1-3,6-7,12-13H,4-5,8-10H2,(H,19,20)/t13-/m0/s1. The van der Waals surface area contributed by atoms with E-state index >= 15 is 0 Å². The smallest absolute Gasteiger partial charge is 0.305 e. The lowest BCUT2D eigenvalue weighted by Crippen LogP contribution is -2.39. The Morgan fingerprint density at radius 1 is 1.27 bits per heavy atom. The van der Waals surface area contributed by atoms with E-state index in [4.69, 9.17) is 5.11 Å². The summed E-state index contributed by atoms with van der Waals surface area (Å²) in [4.78, 5) is 29.9. The number of carbonyl (C=O) groups is 2. The van der Waals surface area contributed by atoms with Gasteiger partial charge in [0.2, 0.25) is 5.91 Å². The predicted molar refractivity (Wildman–Crippen MR) is 86.3 cm³/mol. The number of carboxylic acid groups (broad SMARTS) is 1. The predicted octanol–water partition coefficient (Wildman–Crippen LogP) is 3.04. The molecule has 0 radical (unpaired) electrons. The van der Waals surface area contributed by atoms with Gasteiger partial charge in [0.1, 0.15) is 5.25 Å². The highest BCUT2D eigenvalue weighted by Gasteiger charge is 2.43. The molecule has 0 aromatic heterocycles. The zero-order chi connectivity index (χ0) is 15.5. The second kappa shape index (κ2) is 6.52. The first-order valence-corrected chi connectivity index (χ1v) is 8.38. The molecule has 0 unspecified atom stereocenters. The zero-order valence-corrected chi connectivity index (χ0v) is 13.0. The molecule has 2 aliphatic rings. The number of nitrogens with zero attached hydrogens (tertiary/aromatic N) is 2. The van der Waals surface area contributed by atoms with Crippen LogP contribution in [0.5, 0.6) is 0 Å². The molecule has 1 amide bonds. The molecule has 1 atom stereocenters. The first-order chi connectivity index (χ1) is 10.6. The fraction of sp³-hybridized carbons (Fsp3) is 0.438. The molecule has 1 aromatic rings. The minimum atomic E-state index is -0.946. The van der Waals surface area contributed by atoms with Crippen molar-refractivity contribution in [3.8, 4) is 0 Å². The lowest BCUT2D eigenvalue weighted by Gasteiger charge is -2.23. The van der Waals surface area contributed by atoms with Crippen molar-refractivity contribution in [2.45, 2.75) is 43.4 Å². The molecule has 1 heterocycles. The van der Waals surface area contributed by atoms with Gasteiger partial charge in [0, 0.05) is 6.04 Å². The van der Waals surface area contributed by atoms with Gasteiger partial charge in [-0.05, 0) is 25.0 Å². The molecule has 1 aliphatic heterocycles. The second-order valence-electron chi connectivity index (χ2n) is 5.58. The second-order valence-corrected chi connectivity index (χ2v) is 6.75. The van der Waals surface area contributed by atoms with Crippen LogP contribution < -0.4 is 0 Å². The largest absolute Gasteiger partial charge is 0.481 e. The molecule has 1 saturated carbocycles. The van der Waals surface area contributed by atoms with Crippen LogP contribution in [0.2, 0.25) is 0 Å². The first-order valence-electron chi connectivity index (χ1n) is 7.50. The summed E-state index contributed by atoms with van der Waals surface area (Å²) in [6.07, 6.45) is 4.02. The van der Waals surface area contributed by atoms with Crippen LogP contribution >= 0.6 is 11.8 Å². The average molecular weight is 318 g/mol. The SMILES string of the molecule is O=C(O)C[C@@H]1SC(=Nc2ccccc2)N(C2CCCC2)C1=O. The average Bonchev–Trinajstić information content (AvgIpc) is 3.09. The van der Waals surface area contributed by atoms with Gasteiger partial charge in [-0.15, -0.1) is 0 Å². The molecule has 2 fully saturated rings. The Kier molecular flexibility index (Phi) is 4.47. The summed E-state index contributed by atoms with van der Waals surface area (Å²) in [5.74, 6) is -1.05. The summed E-state index contributed by atoms with van der Waals surface area (Å²) in [7, 11) is 0. The normalized spacial score (nSPS) is 24.4. The number of hydrogen-bond donors (Lipinski definition) is 1. The number of carboxylic acids is 1. The Hall–Kier alpha value is -1.82. The maximum atomic E-state index is 12.6. The molecule has 22 heavy (non-hydrogen) atoms. The van der Waals surface area contributed by atoms with Crippen LogP contribution in [0.15, 0.2) is 35.3 Å². The van der Waals surface area contributed by atoms with Crippen LogP contribution in [0.3, 0.4) is 0 Å². The van der Waals surface area contributed by atoms with Crippen molar-refractivity contribution in [3.63, 3.8) is 0 Å². The van der Waals surface area contributed by atoms with Gasteiger partial charge in [-0.25, -0.2) is 4.99 Å². The van der Waals surface area contributed by atoms with E-state index in [1.54, 1.807) is 4.90 Å². The van der Waals surface area contributed by atoms with Crippen molar-refractivity contribution in [1.82, 2.24) is 4.90 Å². The number of aliphatic imine (C=N–C) groups is 1. The van der Waals surface area contributed by atoms with Crippen LogP contribution in [0.4, 0.5) is 5.69 Å². The highest BCUT2D eigenvalue weighted by Crippen LogP contribution is 2.37. The van der Waals surface area contributed by atoms with E-state index in [1.165, 1.54) is 11.8 Å². The van der Waals surface area contributed by atoms with Crippen LogP contribution in [-0.2, 0) is 9.59 Å². The van der Waals surface area contributed by atoms with Gasteiger partial charge < -0.3 is 5.11 Å². The van der Waals surface area contributed by atoms with Gasteiger partial charge in [-0.1, -0.05) is 42.8 Å². The minimum absolute atomic E-state index is 0.103. The highest BCUT2D eigenvalue weighted by atomic mass is 32.2. The van der Waals surface area contributed by atoms with Crippen molar-refractivity contribution in [2.24, 2.45) is 4.99 Å². The number of aliphatic carboxylic acids is 1. The Labute approximate surface area is 133 Å². The van der Waals surface area contributed by atoms with Gasteiger partial charge in [0.05, 0.1) is 12.1 Å². The Balaban J connectivity index is 1.89. The number of para-hydroxylation sites is 1. The topological polar surface area (TPSA) is 70.0 Å². The van der Waals surface area contributed by atoms with Crippen molar-refractivity contribution in [3.05, 3.63) is 30.3 Å². The van der Waals surface area contributed by atoms with E-state index in [-0.39, 0.29) is 18.4 Å². The van der Waals surface area contributed by atoms with Crippen LogP contribution in [0.25, 0.3) is 0 Å². The van der Waals surface area contributed by atoms with E-state index in [2.05, 4.69) is 4.99 Å². The van der Waals surface area contributed by atoms with Gasteiger partial charge in [-0.3, -0.25) is 14.5 Å². The molecule has 1 saturated heterocycles. The molecule has 5 nitrogen and oxygen atoms in total. The number of amides is 1. The Morgan fingerprint density at radius 2 is 1.95 bits per heavy atom. The van der Waals surface area contributed by atoms with Crippen molar-refractivity contribution >= 4 is 34.5 Å². The number of thioether (sulfide) groups is 1. The van der Waals surface area contributed by atoms with Crippen LogP contribution in [0, 0.1) is 0 Å². The Bertz CT molecular complexity index is 597. The lowest BCUT2D eigenvalue weighted by atomic mass is 10.2. The molecular formula is C16H18N2O3S. The molecule has 6 heteroatoms. The van der Waals surface area contributed by atoms with Crippen LogP contribution in [-0.4, -0.2) is 38.3 Å². The maximum Gasteiger partial charge on any atom is 0.305 e.